The molecule has 0 heterocycles. The van der Waals surface area contributed by atoms with Crippen molar-refractivity contribution in [3.05, 3.63) is 27.8 Å². The second kappa shape index (κ2) is 8.34. The monoisotopic (exact) mass is 411 g/mol. The molecule has 0 bridgehead atoms. The Morgan fingerprint density at radius 1 is 0.929 bits per heavy atom. The molecule has 4 heteroatoms. The Morgan fingerprint density at radius 2 is 1.14 bits per heavy atom. The summed E-state index contributed by atoms with van der Waals surface area (Å²) in [6.07, 6.45) is 0. The first kappa shape index (κ1) is 17.6. The van der Waals surface area contributed by atoms with Gasteiger partial charge in [-0.25, -0.2) is 0 Å². The van der Waals surface area contributed by atoms with Crippen LogP contribution in [0.4, 0.5) is 0 Å². The summed E-state index contributed by atoms with van der Waals surface area (Å²) >= 11 is -0.226. The van der Waals surface area contributed by atoms with Gasteiger partial charge in [0.25, 0.3) is 0 Å². The van der Waals surface area contributed by atoms with Crippen molar-refractivity contribution in [3.8, 4) is 0 Å². The van der Waals surface area contributed by atoms with Crippen LogP contribution in [0.25, 0.3) is 0 Å². The van der Waals surface area contributed by atoms with Gasteiger partial charge in [0.05, 0.1) is 0 Å². The van der Waals surface area contributed by atoms with Gasteiger partial charge in [-0.05, 0) is 0 Å². The zero-order chi connectivity index (χ0) is 10.6. The van der Waals surface area contributed by atoms with Crippen molar-refractivity contribution in [1.82, 2.24) is 0 Å². The van der Waals surface area contributed by atoms with Crippen molar-refractivity contribution in [2.45, 2.75) is 34.6 Å². The molecule has 0 amide bonds. The Kier molecular flexibility index (Phi) is 10.5. The molecular weight excluding hydrogens is 397 g/mol. The third kappa shape index (κ3) is 4.36. The van der Waals surface area contributed by atoms with E-state index in [-0.39, 0.29) is 34.6 Å². The number of rotatable bonds is 0. The maximum atomic E-state index is 4.83. The van der Waals surface area contributed by atoms with Gasteiger partial charge >= 0.3 is 54.0 Å². The normalized spacial score (nSPS) is 9.07. The number of halogens is 2. The molecule has 1 rings (SSSR count). The van der Waals surface area contributed by atoms with Gasteiger partial charge in [-0.3, -0.25) is 0 Å². The standard InChI is InChI=1S/C10H15.2ClH.2Rh/c1-6-7(2)9(4)10(5)8(6)3;;;;/h1-5H3;2*1H;;/q-1;;;2*+3/p-2. The molecule has 0 radical (unpaired) electrons. The fourth-order valence-corrected chi connectivity index (χ4v) is 1.41. The average molecular weight is 412 g/mol. The van der Waals surface area contributed by atoms with Crippen LogP contribution < -0.4 is 0 Å². The summed E-state index contributed by atoms with van der Waals surface area (Å²) in [5.74, 6) is 0. The molecule has 0 nitrogen and oxygen atoms in total. The Balaban J connectivity index is 0. The van der Waals surface area contributed by atoms with Crippen LogP contribution in [0.1, 0.15) is 27.8 Å². The van der Waals surface area contributed by atoms with E-state index in [2.05, 4.69) is 34.6 Å². The number of hydrogen-bond donors (Lipinski definition) is 0. The third-order valence-electron chi connectivity index (χ3n) is 2.81. The van der Waals surface area contributed by atoms with Crippen LogP contribution in [0.5, 0.6) is 0 Å². The molecular formula is C10H15Cl2Rh2+3. The smallest absolute Gasteiger partial charge is 3.00 e. The fourth-order valence-electron chi connectivity index (χ4n) is 1.41. The Hall–Kier alpha value is 1.18. The molecule has 1 aromatic rings. The molecule has 0 unspecified atom stereocenters. The first-order valence-corrected chi connectivity index (χ1v) is 8.22. The van der Waals surface area contributed by atoms with Crippen molar-refractivity contribution in [3.63, 3.8) is 0 Å². The van der Waals surface area contributed by atoms with E-state index in [1.807, 2.05) is 0 Å². The van der Waals surface area contributed by atoms with E-state index >= 15 is 0 Å². The second-order valence-corrected chi connectivity index (χ2v) is 5.66. The predicted molar refractivity (Wildman–Crippen MR) is 57.4 cm³/mol. The molecule has 0 aromatic heterocycles. The fraction of sp³-hybridized carbons (Fsp3) is 0.500. The summed E-state index contributed by atoms with van der Waals surface area (Å²) in [6.45, 7) is 11.0. The minimum Gasteiger partial charge on any atom is 3.00 e. The van der Waals surface area contributed by atoms with Gasteiger partial charge in [-0.1, -0.05) is 34.6 Å². The van der Waals surface area contributed by atoms with E-state index in [0.717, 1.165) is 0 Å². The maximum Gasteiger partial charge on any atom is 3.00 e. The third-order valence-corrected chi connectivity index (χ3v) is 2.81. The minimum absolute atomic E-state index is 0. The summed E-state index contributed by atoms with van der Waals surface area (Å²) in [7, 11) is 9.67. The first-order chi connectivity index (χ1) is 5.97. The summed E-state index contributed by atoms with van der Waals surface area (Å²) in [5, 5.41) is 0. The zero-order valence-electron chi connectivity index (χ0n) is 8.92. The molecule has 0 saturated carbocycles. The Bertz CT molecular complexity index is 200. The summed E-state index contributed by atoms with van der Waals surface area (Å²) < 4.78 is 0. The van der Waals surface area contributed by atoms with Crippen molar-refractivity contribution in [2.24, 2.45) is 0 Å². The zero-order valence-corrected chi connectivity index (χ0v) is 13.7. The van der Waals surface area contributed by atoms with E-state index in [1.165, 1.54) is 27.8 Å². The molecule has 0 atom stereocenters. The largest absolute Gasteiger partial charge is 3.00 e. The molecule has 0 fully saturated rings. The van der Waals surface area contributed by atoms with Crippen LogP contribution in [0.15, 0.2) is 0 Å². The van der Waals surface area contributed by atoms with Gasteiger partial charge in [0, 0.05) is 0 Å². The molecule has 0 N–H and O–H groups in total. The van der Waals surface area contributed by atoms with Gasteiger partial charge in [0.1, 0.15) is 0 Å². The van der Waals surface area contributed by atoms with Crippen LogP contribution in [0.3, 0.4) is 0 Å². The van der Waals surface area contributed by atoms with Crippen molar-refractivity contribution >= 4 is 19.4 Å². The van der Waals surface area contributed by atoms with E-state index < -0.39 is 0 Å². The van der Waals surface area contributed by atoms with E-state index in [0.29, 0.717) is 0 Å². The van der Waals surface area contributed by atoms with Crippen molar-refractivity contribution in [2.75, 3.05) is 0 Å². The van der Waals surface area contributed by atoms with E-state index in [9.17, 15) is 0 Å². The molecule has 0 aliphatic carbocycles. The summed E-state index contributed by atoms with van der Waals surface area (Å²) in [4.78, 5) is 0. The molecule has 14 heavy (non-hydrogen) atoms. The van der Waals surface area contributed by atoms with Gasteiger partial charge in [-0.15, -0.1) is 0 Å². The Morgan fingerprint density at radius 3 is 1.21 bits per heavy atom. The molecule has 84 valence electrons. The molecule has 1 aromatic carbocycles. The van der Waals surface area contributed by atoms with Crippen LogP contribution in [0.2, 0.25) is 0 Å². The van der Waals surface area contributed by atoms with Crippen molar-refractivity contribution < 1.29 is 34.6 Å². The van der Waals surface area contributed by atoms with E-state index in [4.69, 9.17) is 19.4 Å². The topological polar surface area (TPSA) is 0 Å². The number of hydrogen-bond acceptors (Lipinski definition) is 0. The van der Waals surface area contributed by atoms with Gasteiger partial charge in [0.15, 0.2) is 0 Å². The summed E-state index contributed by atoms with van der Waals surface area (Å²) in [5.41, 5.74) is 7.34. The van der Waals surface area contributed by atoms with Gasteiger partial charge in [-0.2, -0.15) is 27.8 Å². The molecule has 0 saturated heterocycles. The minimum atomic E-state index is -0.226. The average Bonchev–Trinajstić information content (AvgIpc) is 2.25. The van der Waals surface area contributed by atoms with E-state index in [1.54, 1.807) is 0 Å². The Labute approximate surface area is 116 Å². The first-order valence-electron chi connectivity index (χ1n) is 4.00. The molecule has 0 aliphatic rings. The predicted octanol–water partition coefficient (Wildman–Crippen LogP) is 4.32. The van der Waals surface area contributed by atoms with Crippen LogP contribution in [-0.2, 0) is 34.6 Å². The summed E-state index contributed by atoms with van der Waals surface area (Å²) in [6, 6.07) is 0. The van der Waals surface area contributed by atoms with Crippen LogP contribution in [0, 0.1) is 34.6 Å². The van der Waals surface area contributed by atoms with Crippen LogP contribution in [-0.4, -0.2) is 0 Å². The quantitative estimate of drug-likeness (QED) is 0.440. The van der Waals surface area contributed by atoms with Gasteiger partial charge in [0.2, 0.25) is 0 Å². The maximum absolute atomic E-state index is 4.83. The SMILES string of the molecule is Cc1c(C)c(C)[c-](C)c1C.[Cl][Rh+][Cl].[Rh+3]. The van der Waals surface area contributed by atoms with Crippen LogP contribution >= 0.6 is 19.4 Å². The van der Waals surface area contributed by atoms with Crippen molar-refractivity contribution in [1.29, 1.82) is 0 Å². The molecule has 0 spiro atoms. The second-order valence-electron chi connectivity index (χ2n) is 3.17. The molecule has 0 aliphatic heterocycles. The van der Waals surface area contributed by atoms with Gasteiger partial charge < -0.3 is 0 Å².